The molecule has 0 aliphatic rings. The quantitative estimate of drug-likeness (QED) is 0.771. The number of nitrogens with one attached hydrogen (secondary N) is 2. The molecule has 2 aromatic rings. The van der Waals surface area contributed by atoms with Crippen molar-refractivity contribution in [3.63, 3.8) is 0 Å². The van der Waals surface area contributed by atoms with Crippen LogP contribution in [-0.2, 0) is 14.9 Å². The van der Waals surface area contributed by atoms with Crippen LogP contribution in [0.25, 0.3) is 0 Å². The molecular weight excluding hydrogens is 332 g/mol. The zero-order valence-electron chi connectivity index (χ0n) is 13.5. The van der Waals surface area contributed by atoms with Crippen molar-refractivity contribution in [1.29, 1.82) is 0 Å². The van der Waals surface area contributed by atoms with Gasteiger partial charge in [0.1, 0.15) is 5.82 Å². The summed E-state index contributed by atoms with van der Waals surface area (Å²) in [4.78, 5) is 15.7. The van der Waals surface area contributed by atoms with Crippen LogP contribution in [-0.4, -0.2) is 44.9 Å². The molecule has 0 unspecified atom stereocenters. The Morgan fingerprint density at radius 1 is 1.17 bits per heavy atom. The van der Waals surface area contributed by atoms with Gasteiger partial charge in [-0.2, -0.15) is 12.7 Å². The van der Waals surface area contributed by atoms with E-state index in [9.17, 15) is 13.2 Å². The number of hydrogen-bond acceptors (Lipinski definition) is 6. The van der Waals surface area contributed by atoms with Gasteiger partial charge >= 0.3 is 16.2 Å². The van der Waals surface area contributed by atoms with Gasteiger partial charge in [0, 0.05) is 19.8 Å². The highest BCUT2D eigenvalue weighted by Gasteiger charge is 2.13. The fourth-order valence-electron chi connectivity index (χ4n) is 1.76. The molecule has 0 saturated heterocycles. The lowest BCUT2D eigenvalue weighted by Gasteiger charge is -2.13. The summed E-state index contributed by atoms with van der Waals surface area (Å²) in [5.41, 5.74) is 1.42. The normalized spacial score (nSPS) is 11.2. The number of carbonyl (C=O) groups is 1. The van der Waals surface area contributed by atoms with Crippen LogP contribution in [0.15, 0.2) is 42.6 Å². The molecule has 0 aliphatic heterocycles. The van der Waals surface area contributed by atoms with Gasteiger partial charge in [-0.3, -0.25) is 4.72 Å². The number of benzene rings is 1. The molecule has 0 radical (unpaired) electrons. The molecule has 24 heavy (non-hydrogen) atoms. The minimum atomic E-state index is -3.57. The SMILES string of the molecule is COC(=O)c1cccc(Nc2ccc(NS(=O)(=O)N(C)C)cn2)c1. The highest BCUT2D eigenvalue weighted by molar-refractivity contribution is 7.90. The van der Waals surface area contributed by atoms with E-state index in [4.69, 9.17) is 0 Å². The van der Waals surface area contributed by atoms with Crippen LogP contribution in [0.3, 0.4) is 0 Å². The van der Waals surface area contributed by atoms with Gasteiger partial charge in [0.2, 0.25) is 0 Å². The van der Waals surface area contributed by atoms with Gasteiger partial charge in [-0.25, -0.2) is 9.78 Å². The van der Waals surface area contributed by atoms with Crippen molar-refractivity contribution in [2.24, 2.45) is 0 Å². The number of esters is 1. The lowest BCUT2D eigenvalue weighted by molar-refractivity contribution is 0.0601. The molecule has 0 atom stereocenters. The molecule has 0 saturated carbocycles. The summed E-state index contributed by atoms with van der Waals surface area (Å²) < 4.78 is 31.6. The number of anilines is 3. The minimum absolute atomic E-state index is 0.345. The maximum atomic E-state index is 11.7. The molecule has 1 aromatic heterocycles. The van der Waals surface area contributed by atoms with E-state index in [2.05, 4.69) is 19.8 Å². The van der Waals surface area contributed by atoms with E-state index in [0.29, 0.717) is 22.8 Å². The molecule has 0 bridgehead atoms. The maximum absolute atomic E-state index is 11.7. The summed E-state index contributed by atoms with van der Waals surface area (Å²) in [6.07, 6.45) is 1.40. The minimum Gasteiger partial charge on any atom is -0.465 e. The lowest BCUT2D eigenvalue weighted by atomic mass is 10.2. The van der Waals surface area contributed by atoms with Crippen LogP contribution in [0.2, 0.25) is 0 Å². The number of rotatable bonds is 6. The number of carbonyl (C=O) groups excluding carboxylic acids is 1. The molecule has 8 nitrogen and oxygen atoms in total. The molecule has 2 rings (SSSR count). The summed E-state index contributed by atoms with van der Waals surface area (Å²) in [6.45, 7) is 0. The first-order chi connectivity index (χ1) is 11.3. The topological polar surface area (TPSA) is 101 Å². The molecule has 2 N–H and O–H groups in total. The molecule has 0 fully saturated rings. The number of hydrogen-bond donors (Lipinski definition) is 2. The molecule has 9 heteroatoms. The van der Waals surface area contributed by atoms with Crippen LogP contribution in [0.4, 0.5) is 17.2 Å². The standard InChI is InChI=1S/C15H18N4O4S/c1-19(2)24(21,22)18-13-7-8-14(16-10-13)17-12-6-4-5-11(9-12)15(20)23-3/h4-10,18H,1-3H3,(H,16,17). The molecule has 0 aliphatic carbocycles. The molecule has 0 spiro atoms. The Morgan fingerprint density at radius 2 is 1.92 bits per heavy atom. The van der Waals surface area contributed by atoms with Crippen molar-refractivity contribution in [1.82, 2.24) is 9.29 Å². The van der Waals surface area contributed by atoms with E-state index in [-0.39, 0.29) is 0 Å². The van der Waals surface area contributed by atoms with Crippen molar-refractivity contribution in [2.75, 3.05) is 31.2 Å². The van der Waals surface area contributed by atoms with Gasteiger partial charge in [-0.1, -0.05) is 6.07 Å². The third-order valence-corrected chi connectivity index (χ3v) is 4.50. The van der Waals surface area contributed by atoms with E-state index >= 15 is 0 Å². The third kappa shape index (κ3) is 4.43. The average molecular weight is 350 g/mol. The van der Waals surface area contributed by atoms with Crippen LogP contribution >= 0.6 is 0 Å². The monoisotopic (exact) mass is 350 g/mol. The van der Waals surface area contributed by atoms with Crippen molar-refractivity contribution in [2.45, 2.75) is 0 Å². The highest BCUT2D eigenvalue weighted by atomic mass is 32.2. The predicted octanol–water partition coefficient (Wildman–Crippen LogP) is 1.83. The third-order valence-electron chi connectivity index (χ3n) is 3.05. The fraction of sp³-hybridized carbons (Fsp3) is 0.200. The fourth-order valence-corrected chi connectivity index (χ4v) is 2.36. The molecule has 1 aromatic carbocycles. The number of methoxy groups -OCH3 is 1. The van der Waals surface area contributed by atoms with Gasteiger partial charge in [0.05, 0.1) is 24.6 Å². The summed E-state index contributed by atoms with van der Waals surface area (Å²) >= 11 is 0. The van der Waals surface area contributed by atoms with Crippen molar-refractivity contribution >= 4 is 33.4 Å². The van der Waals surface area contributed by atoms with Gasteiger partial charge in [-0.05, 0) is 30.3 Å². The smallest absolute Gasteiger partial charge is 0.337 e. The van der Waals surface area contributed by atoms with Gasteiger partial charge < -0.3 is 10.1 Å². The Bertz CT molecular complexity index is 820. The van der Waals surface area contributed by atoms with Crippen LogP contribution in [0.5, 0.6) is 0 Å². The second-order valence-corrected chi connectivity index (χ2v) is 6.90. The summed E-state index contributed by atoms with van der Waals surface area (Å²) in [6, 6.07) is 9.98. The zero-order chi connectivity index (χ0) is 17.7. The predicted molar refractivity (Wildman–Crippen MR) is 91.5 cm³/mol. The maximum Gasteiger partial charge on any atom is 0.337 e. The van der Waals surface area contributed by atoms with Gasteiger partial charge in [-0.15, -0.1) is 0 Å². The summed E-state index contributed by atoms with van der Waals surface area (Å²) in [7, 11) is 0.609. The molecular formula is C15H18N4O4S. The Kier molecular flexibility index (Phi) is 5.37. The van der Waals surface area contributed by atoms with Gasteiger partial charge in [0.15, 0.2) is 0 Å². The molecule has 0 amide bonds. The second kappa shape index (κ2) is 7.28. The lowest BCUT2D eigenvalue weighted by Crippen LogP contribution is -2.28. The first kappa shape index (κ1) is 17.7. The van der Waals surface area contributed by atoms with Crippen molar-refractivity contribution in [3.8, 4) is 0 Å². The average Bonchev–Trinajstić information content (AvgIpc) is 2.56. The number of ether oxygens (including phenoxy) is 1. The number of aromatic nitrogens is 1. The van der Waals surface area contributed by atoms with Crippen molar-refractivity contribution in [3.05, 3.63) is 48.2 Å². The van der Waals surface area contributed by atoms with E-state index in [1.165, 1.54) is 27.4 Å². The zero-order valence-corrected chi connectivity index (χ0v) is 14.3. The Morgan fingerprint density at radius 3 is 2.50 bits per heavy atom. The summed E-state index contributed by atoms with van der Waals surface area (Å²) in [5, 5.41) is 3.03. The molecule has 128 valence electrons. The largest absolute Gasteiger partial charge is 0.465 e. The Labute approximate surface area is 140 Å². The first-order valence-electron chi connectivity index (χ1n) is 6.93. The van der Waals surface area contributed by atoms with E-state index in [0.717, 1.165) is 4.31 Å². The van der Waals surface area contributed by atoms with Crippen molar-refractivity contribution < 1.29 is 17.9 Å². The Hall–Kier alpha value is -2.65. The highest BCUT2D eigenvalue weighted by Crippen LogP contribution is 2.18. The van der Waals surface area contributed by atoms with Crippen LogP contribution in [0.1, 0.15) is 10.4 Å². The van der Waals surface area contributed by atoms with E-state index in [1.807, 2.05) is 0 Å². The van der Waals surface area contributed by atoms with Crippen LogP contribution < -0.4 is 10.0 Å². The van der Waals surface area contributed by atoms with E-state index < -0.39 is 16.2 Å². The Balaban J connectivity index is 2.11. The van der Waals surface area contributed by atoms with E-state index in [1.54, 1.807) is 36.4 Å². The second-order valence-electron chi connectivity index (χ2n) is 5.02. The van der Waals surface area contributed by atoms with Crippen LogP contribution in [0, 0.1) is 0 Å². The summed E-state index contributed by atoms with van der Waals surface area (Å²) in [5.74, 6) is 0.0740. The molecule has 1 heterocycles. The van der Waals surface area contributed by atoms with Gasteiger partial charge in [0.25, 0.3) is 0 Å². The number of pyridine rings is 1. The number of nitrogens with zero attached hydrogens (tertiary/aromatic N) is 2. The first-order valence-corrected chi connectivity index (χ1v) is 8.37.